The normalized spacial score (nSPS) is 26.5. The van der Waals surface area contributed by atoms with Gasteiger partial charge in [0.2, 0.25) is 0 Å². The number of hydrogen-bond acceptors (Lipinski definition) is 1. The van der Waals surface area contributed by atoms with Gasteiger partial charge in [-0.1, -0.05) is 23.8 Å². The second-order valence-electron chi connectivity index (χ2n) is 3.39. The summed E-state index contributed by atoms with van der Waals surface area (Å²) in [5, 5.41) is 9.12. The van der Waals surface area contributed by atoms with Crippen LogP contribution in [0.3, 0.4) is 0 Å². The largest absolute Gasteiger partial charge is 0.393 e. The van der Waals surface area contributed by atoms with Crippen molar-refractivity contribution in [2.45, 2.75) is 32.8 Å². The van der Waals surface area contributed by atoms with Crippen molar-refractivity contribution in [3.8, 4) is 0 Å². The standard InChI is InChI=1S/C10H16O/c1-8-3-5-10(6-4-8)7-9(2)11/h3-5,9-11H,6-7H2,1-2H3. The highest BCUT2D eigenvalue weighted by Gasteiger charge is 2.09. The Morgan fingerprint density at radius 3 is 2.91 bits per heavy atom. The Morgan fingerprint density at radius 1 is 1.73 bits per heavy atom. The third-order valence-corrected chi connectivity index (χ3v) is 2.02. The first-order chi connectivity index (χ1) is 5.18. The van der Waals surface area contributed by atoms with Crippen molar-refractivity contribution in [3.05, 3.63) is 23.8 Å². The fourth-order valence-electron chi connectivity index (χ4n) is 1.38. The lowest BCUT2D eigenvalue weighted by atomic mass is 9.93. The van der Waals surface area contributed by atoms with Crippen LogP contribution >= 0.6 is 0 Å². The summed E-state index contributed by atoms with van der Waals surface area (Å²) in [5.41, 5.74) is 1.34. The number of hydrogen-bond donors (Lipinski definition) is 1. The zero-order chi connectivity index (χ0) is 8.27. The molecule has 62 valence electrons. The van der Waals surface area contributed by atoms with Crippen LogP contribution in [0.4, 0.5) is 0 Å². The topological polar surface area (TPSA) is 20.2 Å². The van der Waals surface area contributed by atoms with E-state index in [9.17, 15) is 0 Å². The van der Waals surface area contributed by atoms with Gasteiger partial charge in [-0.25, -0.2) is 0 Å². The molecule has 0 aromatic rings. The van der Waals surface area contributed by atoms with Gasteiger partial charge in [-0.3, -0.25) is 0 Å². The summed E-state index contributed by atoms with van der Waals surface area (Å²) < 4.78 is 0. The first kappa shape index (κ1) is 8.54. The van der Waals surface area contributed by atoms with Crippen molar-refractivity contribution in [1.29, 1.82) is 0 Å². The third kappa shape index (κ3) is 2.89. The zero-order valence-corrected chi connectivity index (χ0v) is 7.25. The van der Waals surface area contributed by atoms with Crippen molar-refractivity contribution in [2.75, 3.05) is 0 Å². The van der Waals surface area contributed by atoms with Crippen LogP contribution in [-0.2, 0) is 0 Å². The lowest BCUT2D eigenvalue weighted by molar-refractivity contribution is 0.169. The molecule has 1 nitrogen and oxygen atoms in total. The molecule has 11 heavy (non-hydrogen) atoms. The van der Waals surface area contributed by atoms with Crippen LogP contribution in [0.2, 0.25) is 0 Å². The summed E-state index contributed by atoms with van der Waals surface area (Å²) in [6.45, 7) is 3.95. The van der Waals surface area contributed by atoms with Crippen LogP contribution in [0.25, 0.3) is 0 Å². The van der Waals surface area contributed by atoms with E-state index in [1.807, 2.05) is 6.92 Å². The van der Waals surface area contributed by atoms with Crippen molar-refractivity contribution in [3.63, 3.8) is 0 Å². The highest BCUT2D eigenvalue weighted by atomic mass is 16.3. The Kier molecular flexibility index (Phi) is 2.89. The van der Waals surface area contributed by atoms with Gasteiger partial charge in [0.05, 0.1) is 6.10 Å². The molecular formula is C10H16O. The summed E-state index contributed by atoms with van der Waals surface area (Å²) in [5.74, 6) is 0.554. The molecule has 0 aromatic heterocycles. The van der Waals surface area contributed by atoms with E-state index in [4.69, 9.17) is 5.11 Å². The fraction of sp³-hybridized carbons (Fsp3) is 0.600. The molecule has 0 bridgehead atoms. The molecular weight excluding hydrogens is 136 g/mol. The molecule has 2 unspecified atom stereocenters. The van der Waals surface area contributed by atoms with E-state index < -0.39 is 0 Å². The molecule has 0 saturated carbocycles. The van der Waals surface area contributed by atoms with Gasteiger partial charge in [-0.2, -0.15) is 0 Å². The van der Waals surface area contributed by atoms with Crippen LogP contribution in [0.1, 0.15) is 26.7 Å². The van der Waals surface area contributed by atoms with Crippen molar-refractivity contribution in [2.24, 2.45) is 5.92 Å². The van der Waals surface area contributed by atoms with Gasteiger partial charge in [0.15, 0.2) is 0 Å². The maximum atomic E-state index is 9.12. The Labute approximate surface area is 68.4 Å². The van der Waals surface area contributed by atoms with Crippen LogP contribution in [0.15, 0.2) is 23.8 Å². The summed E-state index contributed by atoms with van der Waals surface area (Å²) in [7, 11) is 0. The molecule has 0 amide bonds. The highest BCUT2D eigenvalue weighted by Crippen LogP contribution is 2.20. The first-order valence-electron chi connectivity index (χ1n) is 4.21. The minimum absolute atomic E-state index is 0.170. The molecule has 0 heterocycles. The summed E-state index contributed by atoms with van der Waals surface area (Å²) in [6, 6.07) is 0. The van der Waals surface area contributed by atoms with Crippen molar-refractivity contribution < 1.29 is 5.11 Å². The zero-order valence-electron chi connectivity index (χ0n) is 7.25. The van der Waals surface area contributed by atoms with Gasteiger partial charge in [0.25, 0.3) is 0 Å². The summed E-state index contributed by atoms with van der Waals surface area (Å²) in [4.78, 5) is 0. The molecule has 2 atom stereocenters. The lowest BCUT2D eigenvalue weighted by Gasteiger charge is -2.15. The minimum atomic E-state index is -0.170. The average molecular weight is 152 g/mol. The van der Waals surface area contributed by atoms with E-state index in [2.05, 4.69) is 25.2 Å². The molecule has 0 fully saturated rings. The molecule has 1 rings (SSSR count). The predicted molar refractivity (Wildman–Crippen MR) is 47.3 cm³/mol. The Balaban J connectivity index is 2.37. The van der Waals surface area contributed by atoms with E-state index in [1.165, 1.54) is 5.57 Å². The van der Waals surface area contributed by atoms with Crippen molar-refractivity contribution >= 4 is 0 Å². The van der Waals surface area contributed by atoms with E-state index >= 15 is 0 Å². The molecule has 0 aromatic carbocycles. The molecule has 0 spiro atoms. The fourth-order valence-corrected chi connectivity index (χ4v) is 1.38. The van der Waals surface area contributed by atoms with Gasteiger partial charge in [-0.15, -0.1) is 0 Å². The second-order valence-corrected chi connectivity index (χ2v) is 3.39. The first-order valence-corrected chi connectivity index (χ1v) is 4.21. The predicted octanol–water partition coefficient (Wildman–Crippen LogP) is 2.28. The number of rotatable bonds is 2. The molecule has 1 N–H and O–H groups in total. The van der Waals surface area contributed by atoms with Gasteiger partial charge in [0, 0.05) is 0 Å². The number of aliphatic hydroxyl groups excluding tert-OH is 1. The molecule has 0 aliphatic heterocycles. The Bertz CT molecular complexity index is 177. The average Bonchev–Trinajstić information content (AvgIpc) is 1.93. The maximum Gasteiger partial charge on any atom is 0.0517 e. The molecule has 0 saturated heterocycles. The van der Waals surface area contributed by atoms with Crippen molar-refractivity contribution in [1.82, 2.24) is 0 Å². The molecule has 1 aliphatic carbocycles. The summed E-state index contributed by atoms with van der Waals surface area (Å²) in [6.07, 6.45) is 8.37. The molecule has 0 radical (unpaired) electrons. The summed E-state index contributed by atoms with van der Waals surface area (Å²) >= 11 is 0. The third-order valence-electron chi connectivity index (χ3n) is 2.02. The number of aliphatic hydroxyl groups is 1. The highest BCUT2D eigenvalue weighted by molar-refractivity contribution is 5.21. The molecule has 1 heteroatoms. The monoisotopic (exact) mass is 152 g/mol. The smallest absolute Gasteiger partial charge is 0.0517 e. The quantitative estimate of drug-likeness (QED) is 0.643. The second kappa shape index (κ2) is 3.72. The van der Waals surface area contributed by atoms with Gasteiger partial charge >= 0.3 is 0 Å². The van der Waals surface area contributed by atoms with Gasteiger partial charge < -0.3 is 5.11 Å². The van der Waals surface area contributed by atoms with Crippen LogP contribution in [0.5, 0.6) is 0 Å². The van der Waals surface area contributed by atoms with Crippen LogP contribution in [-0.4, -0.2) is 11.2 Å². The van der Waals surface area contributed by atoms with Gasteiger partial charge in [-0.05, 0) is 32.6 Å². The van der Waals surface area contributed by atoms with E-state index in [1.54, 1.807) is 0 Å². The molecule has 1 aliphatic rings. The van der Waals surface area contributed by atoms with Crippen LogP contribution in [0, 0.1) is 5.92 Å². The SMILES string of the molecule is CC1=CCC(CC(C)O)C=C1. The van der Waals surface area contributed by atoms with E-state index in [0.29, 0.717) is 5.92 Å². The maximum absolute atomic E-state index is 9.12. The number of allylic oxidation sites excluding steroid dienone is 4. The Morgan fingerprint density at radius 2 is 2.45 bits per heavy atom. The van der Waals surface area contributed by atoms with Gasteiger partial charge in [0.1, 0.15) is 0 Å². The Hall–Kier alpha value is -0.560. The van der Waals surface area contributed by atoms with Crippen LogP contribution < -0.4 is 0 Å². The van der Waals surface area contributed by atoms with E-state index in [-0.39, 0.29) is 6.10 Å². The van der Waals surface area contributed by atoms with E-state index in [0.717, 1.165) is 12.8 Å². The minimum Gasteiger partial charge on any atom is -0.393 e. The lowest BCUT2D eigenvalue weighted by Crippen LogP contribution is -2.08.